The summed E-state index contributed by atoms with van der Waals surface area (Å²) in [5.41, 5.74) is 0. The molecule has 6 heteroatoms. The molecule has 1 rings (SSSR count). The van der Waals surface area contributed by atoms with E-state index in [0.717, 1.165) is 0 Å². The predicted octanol–water partition coefficient (Wildman–Crippen LogP) is 1.05. The van der Waals surface area contributed by atoms with Crippen molar-refractivity contribution in [2.45, 2.75) is 6.18 Å². The molecule has 1 aromatic rings. The van der Waals surface area contributed by atoms with E-state index in [-0.39, 0.29) is 0 Å². The van der Waals surface area contributed by atoms with Crippen LogP contribution >= 0.6 is 11.3 Å². The van der Waals surface area contributed by atoms with E-state index in [4.69, 9.17) is 9.90 Å². The number of halogens is 3. The molecule has 0 unspecified atom stereocenters. The quantitative estimate of drug-likeness (QED) is 0.623. The molecule has 0 saturated carbocycles. The molecular formula is C6H4F3O2S-. The SMILES string of the molecule is O=C([O-])C(F)(F)F.c1ccsc1. The fourth-order valence-electron chi connectivity index (χ4n) is 0.227. The Balaban J connectivity index is 0.000000211. The zero-order valence-electron chi connectivity index (χ0n) is 5.67. The number of hydrogen-bond acceptors (Lipinski definition) is 3. The molecule has 0 amide bonds. The minimum Gasteiger partial charge on any atom is -0.542 e. The lowest BCUT2D eigenvalue weighted by Gasteiger charge is -2.03. The molecular weight excluding hydrogens is 193 g/mol. The molecule has 0 aliphatic rings. The lowest BCUT2D eigenvalue weighted by Crippen LogP contribution is -2.37. The second-order valence-electron chi connectivity index (χ2n) is 1.58. The van der Waals surface area contributed by atoms with E-state index in [2.05, 4.69) is 0 Å². The largest absolute Gasteiger partial charge is 0.542 e. The first-order valence-corrected chi connectivity index (χ1v) is 3.64. The Morgan fingerprint density at radius 2 is 1.58 bits per heavy atom. The summed E-state index contributed by atoms with van der Waals surface area (Å²) in [6.45, 7) is 0. The Hall–Kier alpha value is -1.04. The molecule has 0 N–H and O–H groups in total. The van der Waals surface area contributed by atoms with Crippen molar-refractivity contribution in [3.8, 4) is 0 Å². The van der Waals surface area contributed by atoms with Crippen LogP contribution in [0.15, 0.2) is 22.9 Å². The summed E-state index contributed by atoms with van der Waals surface area (Å²) in [7, 11) is 0. The second-order valence-corrected chi connectivity index (χ2v) is 2.39. The Bertz CT molecular complexity index is 200. The maximum absolute atomic E-state index is 10.5. The second kappa shape index (κ2) is 4.76. The molecule has 0 aliphatic heterocycles. The molecule has 1 heterocycles. The van der Waals surface area contributed by atoms with Crippen molar-refractivity contribution < 1.29 is 23.1 Å². The summed E-state index contributed by atoms with van der Waals surface area (Å²) in [4.78, 5) is 8.78. The number of carboxylic acid groups (broad SMARTS) is 1. The number of thiophene rings is 1. The van der Waals surface area contributed by atoms with Crippen LogP contribution < -0.4 is 5.11 Å². The van der Waals surface area contributed by atoms with Crippen molar-refractivity contribution in [2.24, 2.45) is 0 Å². The standard InChI is InChI=1S/C4H4S.C2HF3O2/c1-2-4-5-3-1;3-2(4,5)1(6)7/h1-4H;(H,6,7)/p-1. The van der Waals surface area contributed by atoms with Crippen LogP contribution in [-0.2, 0) is 4.79 Å². The molecule has 68 valence electrons. The van der Waals surface area contributed by atoms with Crippen LogP contribution in [0.1, 0.15) is 0 Å². The minimum absolute atomic E-state index is 1.71. The van der Waals surface area contributed by atoms with Crippen LogP contribution in [0.25, 0.3) is 0 Å². The third kappa shape index (κ3) is 5.72. The Labute approximate surface area is 70.3 Å². The van der Waals surface area contributed by atoms with Gasteiger partial charge >= 0.3 is 6.18 Å². The van der Waals surface area contributed by atoms with E-state index in [1.54, 1.807) is 11.3 Å². The normalized spacial score (nSPS) is 9.92. The van der Waals surface area contributed by atoms with E-state index in [1.165, 1.54) is 0 Å². The predicted molar refractivity (Wildman–Crippen MR) is 35.4 cm³/mol. The van der Waals surface area contributed by atoms with Crippen molar-refractivity contribution in [1.82, 2.24) is 0 Å². The summed E-state index contributed by atoms with van der Waals surface area (Å²) < 4.78 is 31.5. The highest BCUT2D eigenvalue weighted by atomic mass is 32.1. The Morgan fingerprint density at radius 1 is 1.25 bits per heavy atom. The number of aliphatic carboxylic acids is 1. The number of rotatable bonds is 0. The number of carbonyl (C=O) groups is 1. The van der Waals surface area contributed by atoms with Gasteiger partial charge in [-0.25, -0.2) is 0 Å². The first kappa shape index (κ1) is 11.0. The van der Waals surface area contributed by atoms with Crippen LogP contribution in [0.3, 0.4) is 0 Å². The topological polar surface area (TPSA) is 40.1 Å². The fourth-order valence-corrected chi connectivity index (χ4v) is 0.680. The van der Waals surface area contributed by atoms with Gasteiger partial charge in [0.2, 0.25) is 0 Å². The van der Waals surface area contributed by atoms with E-state index in [9.17, 15) is 13.2 Å². The van der Waals surface area contributed by atoms with Crippen LogP contribution in [0, 0.1) is 0 Å². The maximum Gasteiger partial charge on any atom is 0.430 e. The summed E-state index contributed by atoms with van der Waals surface area (Å²) in [5.74, 6) is -3.01. The van der Waals surface area contributed by atoms with Gasteiger partial charge < -0.3 is 9.90 Å². The van der Waals surface area contributed by atoms with Crippen LogP contribution in [0.2, 0.25) is 0 Å². The smallest absolute Gasteiger partial charge is 0.430 e. The van der Waals surface area contributed by atoms with Crippen LogP contribution in [0.4, 0.5) is 13.2 Å². The van der Waals surface area contributed by atoms with Crippen molar-refractivity contribution in [2.75, 3.05) is 0 Å². The Morgan fingerprint density at radius 3 is 1.67 bits per heavy atom. The average Bonchev–Trinajstić information content (AvgIpc) is 2.39. The van der Waals surface area contributed by atoms with E-state index >= 15 is 0 Å². The zero-order chi connectivity index (χ0) is 9.61. The fraction of sp³-hybridized carbons (Fsp3) is 0.167. The lowest BCUT2D eigenvalue weighted by atomic mass is 10.7. The number of carboxylic acids is 1. The van der Waals surface area contributed by atoms with Crippen molar-refractivity contribution in [3.63, 3.8) is 0 Å². The van der Waals surface area contributed by atoms with Gasteiger partial charge in [-0.1, -0.05) is 12.1 Å². The van der Waals surface area contributed by atoms with Gasteiger partial charge in [0.15, 0.2) is 0 Å². The summed E-state index contributed by atoms with van der Waals surface area (Å²) >= 11 is 1.71. The minimum atomic E-state index is -5.19. The molecule has 2 nitrogen and oxygen atoms in total. The summed E-state index contributed by atoms with van der Waals surface area (Å²) in [6, 6.07) is 4.04. The first-order chi connectivity index (χ1) is 5.44. The molecule has 1 aromatic heterocycles. The third-order valence-electron chi connectivity index (χ3n) is 0.657. The van der Waals surface area contributed by atoms with Crippen molar-refractivity contribution in [1.29, 1.82) is 0 Å². The van der Waals surface area contributed by atoms with Crippen molar-refractivity contribution in [3.05, 3.63) is 22.9 Å². The molecule has 0 bridgehead atoms. The zero-order valence-corrected chi connectivity index (χ0v) is 6.48. The monoisotopic (exact) mass is 197 g/mol. The van der Waals surface area contributed by atoms with Crippen LogP contribution in [0.5, 0.6) is 0 Å². The van der Waals surface area contributed by atoms with Crippen LogP contribution in [-0.4, -0.2) is 12.1 Å². The van der Waals surface area contributed by atoms with E-state index in [1.807, 2.05) is 22.9 Å². The van der Waals surface area contributed by atoms with Gasteiger partial charge in [-0.05, 0) is 10.8 Å². The average molecular weight is 197 g/mol. The lowest BCUT2D eigenvalue weighted by molar-refractivity contribution is -0.344. The maximum atomic E-state index is 10.5. The van der Waals surface area contributed by atoms with E-state index < -0.39 is 12.1 Å². The van der Waals surface area contributed by atoms with Gasteiger partial charge in [-0.2, -0.15) is 24.5 Å². The Kier molecular flexibility index (Phi) is 4.35. The first-order valence-electron chi connectivity index (χ1n) is 2.70. The molecule has 0 saturated heterocycles. The van der Waals surface area contributed by atoms with Gasteiger partial charge in [0.05, 0.1) is 0 Å². The van der Waals surface area contributed by atoms with Gasteiger partial charge in [-0.3, -0.25) is 0 Å². The molecule has 0 atom stereocenters. The summed E-state index contributed by atoms with van der Waals surface area (Å²) in [6.07, 6.45) is -5.19. The van der Waals surface area contributed by atoms with E-state index in [0.29, 0.717) is 0 Å². The van der Waals surface area contributed by atoms with Gasteiger partial charge in [0.1, 0.15) is 5.97 Å². The molecule has 0 fully saturated rings. The number of carbonyl (C=O) groups excluding carboxylic acids is 1. The number of hydrogen-bond donors (Lipinski definition) is 0. The third-order valence-corrected chi connectivity index (χ3v) is 1.29. The molecule has 0 radical (unpaired) electrons. The van der Waals surface area contributed by atoms with Gasteiger partial charge in [0, 0.05) is 0 Å². The van der Waals surface area contributed by atoms with Gasteiger partial charge in [0.25, 0.3) is 0 Å². The molecule has 0 aliphatic carbocycles. The summed E-state index contributed by atoms with van der Waals surface area (Å²) in [5, 5.41) is 12.9. The molecule has 0 spiro atoms. The highest BCUT2D eigenvalue weighted by Gasteiger charge is 2.28. The molecule has 12 heavy (non-hydrogen) atoms. The highest BCUT2D eigenvalue weighted by Crippen LogP contribution is 2.11. The van der Waals surface area contributed by atoms with Crippen molar-refractivity contribution >= 4 is 17.3 Å². The van der Waals surface area contributed by atoms with Gasteiger partial charge in [-0.15, -0.1) is 0 Å². The number of alkyl halides is 3. The highest BCUT2D eigenvalue weighted by molar-refractivity contribution is 7.07. The molecule has 0 aromatic carbocycles.